The van der Waals surface area contributed by atoms with Crippen LogP contribution in [0.5, 0.6) is 0 Å². The second kappa shape index (κ2) is 3.86. The van der Waals surface area contributed by atoms with Gasteiger partial charge in [0.1, 0.15) is 6.17 Å². The number of hydrogen-bond donors (Lipinski definition) is 0. The van der Waals surface area contributed by atoms with Gasteiger partial charge in [-0.3, -0.25) is 0 Å². The first-order valence-electron chi connectivity index (χ1n) is 3.87. The van der Waals surface area contributed by atoms with E-state index in [0.717, 1.165) is 19.3 Å². The summed E-state index contributed by atoms with van der Waals surface area (Å²) in [5.74, 6) is 0. The van der Waals surface area contributed by atoms with Gasteiger partial charge >= 0.3 is 0 Å². The van der Waals surface area contributed by atoms with E-state index in [0.29, 0.717) is 0 Å². The molecule has 0 aromatic carbocycles. The van der Waals surface area contributed by atoms with Crippen molar-refractivity contribution in [2.24, 2.45) is 0 Å². The molecule has 1 aliphatic carbocycles. The summed E-state index contributed by atoms with van der Waals surface area (Å²) in [5, 5.41) is 0. The van der Waals surface area contributed by atoms with Crippen LogP contribution in [0.15, 0.2) is 0 Å². The lowest BCUT2D eigenvalue weighted by Crippen LogP contribution is -2.03. The Balaban J connectivity index is 2.12. The SMILES string of the molecule is FC1[CH]CCCCCC1. The lowest BCUT2D eigenvalue weighted by Gasteiger charge is -2.10. The zero-order valence-corrected chi connectivity index (χ0v) is 5.78. The van der Waals surface area contributed by atoms with Crippen LogP contribution in [-0.4, -0.2) is 6.17 Å². The maximum Gasteiger partial charge on any atom is 0.103 e. The standard InChI is InChI=1S/C8H14F/c9-8-6-4-2-1-3-5-7-8/h6,8H,1-5,7H2. The Morgan fingerprint density at radius 3 is 2.78 bits per heavy atom. The van der Waals surface area contributed by atoms with Crippen molar-refractivity contribution in [2.75, 3.05) is 0 Å². The van der Waals surface area contributed by atoms with Crippen LogP contribution in [0.2, 0.25) is 0 Å². The van der Waals surface area contributed by atoms with Gasteiger partial charge in [-0.15, -0.1) is 0 Å². The van der Waals surface area contributed by atoms with Crippen molar-refractivity contribution in [1.29, 1.82) is 0 Å². The van der Waals surface area contributed by atoms with Crippen LogP contribution in [0.25, 0.3) is 0 Å². The molecule has 0 spiro atoms. The quantitative estimate of drug-likeness (QED) is 0.471. The second-order valence-electron chi connectivity index (χ2n) is 2.74. The lowest BCUT2D eigenvalue weighted by atomic mass is 10.00. The largest absolute Gasteiger partial charge is 0.247 e. The Morgan fingerprint density at radius 2 is 1.89 bits per heavy atom. The molecule has 0 N–H and O–H groups in total. The first-order chi connectivity index (χ1) is 4.39. The summed E-state index contributed by atoms with van der Waals surface area (Å²) in [4.78, 5) is 0. The summed E-state index contributed by atoms with van der Waals surface area (Å²) >= 11 is 0. The van der Waals surface area contributed by atoms with Gasteiger partial charge in [-0.25, -0.2) is 4.39 Å². The maximum atomic E-state index is 12.6. The van der Waals surface area contributed by atoms with Crippen molar-refractivity contribution < 1.29 is 4.39 Å². The fourth-order valence-electron chi connectivity index (χ4n) is 1.25. The van der Waals surface area contributed by atoms with Crippen LogP contribution in [0, 0.1) is 6.42 Å². The van der Waals surface area contributed by atoms with Gasteiger partial charge in [0.2, 0.25) is 0 Å². The molecule has 9 heavy (non-hydrogen) atoms. The fourth-order valence-corrected chi connectivity index (χ4v) is 1.25. The van der Waals surface area contributed by atoms with Crippen molar-refractivity contribution >= 4 is 0 Å². The molecule has 1 aliphatic rings. The molecule has 0 nitrogen and oxygen atoms in total. The highest BCUT2D eigenvalue weighted by molar-refractivity contribution is 4.77. The molecule has 0 bridgehead atoms. The number of alkyl halides is 1. The third-order valence-corrected chi connectivity index (χ3v) is 1.86. The maximum absolute atomic E-state index is 12.6. The molecule has 0 heterocycles. The van der Waals surface area contributed by atoms with Crippen LogP contribution in [0.4, 0.5) is 4.39 Å². The van der Waals surface area contributed by atoms with E-state index in [1.54, 1.807) is 0 Å². The van der Waals surface area contributed by atoms with Crippen molar-refractivity contribution in [3.8, 4) is 0 Å². The van der Waals surface area contributed by atoms with Crippen LogP contribution in [0.1, 0.15) is 38.5 Å². The molecule has 0 saturated heterocycles. The van der Waals surface area contributed by atoms with Crippen molar-refractivity contribution in [1.82, 2.24) is 0 Å². The van der Waals surface area contributed by atoms with Crippen LogP contribution < -0.4 is 0 Å². The topological polar surface area (TPSA) is 0 Å². The molecule has 1 heteroatoms. The van der Waals surface area contributed by atoms with E-state index in [1.165, 1.54) is 19.3 Å². The summed E-state index contributed by atoms with van der Waals surface area (Å²) in [6.07, 6.45) is 7.76. The van der Waals surface area contributed by atoms with Gasteiger partial charge in [-0.2, -0.15) is 0 Å². The third kappa shape index (κ3) is 2.83. The first kappa shape index (κ1) is 7.04. The van der Waals surface area contributed by atoms with Crippen molar-refractivity contribution in [3.63, 3.8) is 0 Å². The van der Waals surface area contributed by atoms with Gasteiger partial charge in [0.05, 0.1) is 0 Å². The molecule has 1 radical (unpaired) electrons. The van der Waals surface area contributed by atoms with Crippen LogP contribution >= 0.6 is 0 Å². The molecular weight excluding hydrogens is 115 g/mol. The van der Waals surface area contributed by atoms with Gasteiger partial charge in [0.15, 0.2) is 0 Å². The zero-order chi connectivity index (χ0) is 6.53. The average molecular weight is 129 g/mol. The molecule has 1 rings (SSSR count). The predicted octanol–water partition coefficient (Wildman–Crippen LogP) is 2.88. The van der Waals surface area contributed by atoms with E-state index in [4.69, 9.17) is 0 Å². The Hall–Kier alpha value is -0.0700. The van der Waals surface area contributed by atoms with E-state index >= 15 is 0 Å². The minimum Gasteiger partial charge on any atom is -0.247 e. The van der Waals surface area contributed by atoms with Crippen LogP contribution in [0.3, 0.4) is 0 Å². The molecular formula is C8H14F. The normalized spacial score (nSPS) is 25.0. The summed E-state index contributed by atoms with van der Waals surface area (Å²) < 4.78 is 12.6. The molecule has 53 valence electrons. The Morgan fingerprint density at radius 1 is 1.11 bits per heavy atom. The Labute approximate surface area is 56.5 Å². The van der Waals surface area contributed by atoms with Crippen LogP contribution in [-0.2, 0) is 0 Å². The second-order valence-corrected chi connectivity index (χ2v) is 2.74. The lowest BCUT2D eigenvalue weighted by molar-refractivity contribution is 0.323. The molecule has 1 unspecified atom stereocenters. The first-order valence-corrected chi connectivity index (χ1v) is 3.87. The third-order valence-electron chi connectivity index (χ3n) is 1.86. The minimum absolute atomic E-state index is 0.606. The number of hydrogen-bond acceptors (Lipinski definition) is 0. The van der Waals surface area contributed by atoms with Crippen molar-refractivity contribution in [2.45, 2.75) is 44.7 Å². The van der Waals surface area contributed by atoms with E-state index in [2.05, 4.69) is 0 Å². The smallest absolute Gasteiger partial charge is 0.103 e. The molecule has 0 amide bonds. The van der Waals surface area contributed by atoms with E-state index in [9.17, 15) is 4.39 Å². The van der Waals surface area contributed by atoms with E-state index in [1.807, 2.05) is 6.42 Å². The summed E-state index contributed by atoms with van der Waals surface area (Å²) in [6.45, 7) is 0. The molecule has 1 saturated carbocycles. The fraction of sp³-hybridized carbons (Fsp3) is 0.875. The molecule has 1 atom stereocenters. The molecule has 0 aromatic rings. The highest BCUT2D eigenvalue weighted by atomic mass is 19.1. The summed E-state index contributed by atoms with van der Waals surface area (Å²) in [5.41, 5.74) is 0. The Bertz CT molecular complexity index is 63.0. The van der Waals surface area contributed by atoms with Gasteiger partial charge in [-0.05, 0) is 19.3 Å². The zero-order valence-electron chi connectivity index (χ0n) is 5.78. The Kier molecular flexibility index (Phi) is 3.02. The minimum atomic E-state index is -0.606. The van der Waals surface area contributed by atoms with Gasteiger partial charge < -0.3 is 0 Å². The predicted molar refractivity (Wildman–Crippen MR) is 36.9 cm³/mol. The highest BCUT2D eigenvalue weighted by Gasteiger charge is 2.08. The number of rotatable bonds is 0. The van der Waals surface area contributed by atoms with Gasteiger partial charge in [-0.1, -0.05) is 25.7 Å². The van der Waals surface area contributed by atoms with Gasteiger partial charge in [0, 0.05) is 0 Å². The monoisotopic (exact) mass is 129 g/mol. The molecule has 0 aliphatic heterocycles. The van der Waals surface area contributed by atoms with E-state index in [-0.39, 0.29) is 0 Å². The van der Waals surface area contributed by atoms with Gasteiger partial charge in [0.25, 0.3) is 0 Å². The van der Waals surface area contributed by atoms with Crippen molar-refractivity contribution in [3.05, 3.63) is 6.42 Å². The average Bonchev–Trinajstić information content (AvgIpc) is 1.79. The summed E-state index contributed by atoms with van der Waals surface area (Å²) in [7, 11) is 0. The molecule has 0 aromatic heterocycles. The highest BCUT2D eigenvalue weighted by Crippen LogP contribution is 2.17. The van der Waals surface area contributed by atoms with E-state index < -0.39 is 6.17 Å². The number of halogens is 1. The summed E-state index contributed by atoms with van der Waals surface area (Å²) in [6, 6.07) is 0. The molecule has 1 fully saturated rings.